The van der Waals surface area contributed by atoms with Crippen LogP contribution in [0.2, 0.25) is 0 Å². The smallest absolute Gasteiger partial charge is 0.243 e. The number of nitrogens with one attached hydrogen (secondary N) is 1. The number of fused-ring (bicyclic) bond motifs is 1. The number of amides is 1. The van der Waals surface area contributed by atoms with Crippen LogP contribution in [-0.4, -0.2) is 25.5 Å². The summed E-state index contributed by atoms with van der Waals surface area (Å²) < 4.78 is 0. The lowest BCUT2D eigenvalue weighted by Gasteiger charge is -2.21. The predicted octanol–water partition coefficient (Wildman–Crippen LogP) is 1.57. The van der Waals surface area contributed by atoms with Crippen molar-refractivity contribution in [1.82, 2.24) is 5.32 Å². The number of hydrogen-bond acceptors (Lipinski definition) is 2. The second-order valence-electron chi connectivity index (χ2n) is 4.25. The Labute approximate surface area is 96.5 Å². The highest BCUT2D eigenvalue weighted by Gasteiger charge is 2.31. The van der Waals surface area contributed by atoms with Gasteiger partial charge in [-0.05, 0) is 18.1 Å². The van der Waals surface area contributed by atoms with E-state index in [1.807, 2.05) is 19.2 Å². The number of rotatable bonds is 3. The van der Waals surface area contributed by atoms with E-state index in [0.717, 1.165) is 19.4 Å². The molecule has 0 saturated heterocycles. The van der Waals surface area contributed by atoms with E-state index in [1.54, 1.807) is 0 Å². The van der Waals surface area contributed by atoms with Crippen LogP contribution >= 0.6 is 0 Å². The van der Waals surface area contributed by atoms with E-state index in [4.69, 9.17) is 0 Å². The van der Waals surface area contributed by atoms with Crippen LogP contribution in [-0.2, 0) is 11.2 Å². The lowest BCUT2D eigenvalue weighted by molar-refractivity contribution is -0.122. The molecule has 1 aromatic carbocycles. The average molecular weight is 218 g/mol. The summed E-state index contributed by atoms with van der Waals surface area (Å²) in [6, 6.07) is 8.17. The Balaban J connectivity index is 2.09. The Hall–Kier alpha value is -1.51. The van der Waals surface area contributed by atoms with E-state index in [2.05, 4.69) is 29.3 Å². The molecule has 3 nitrogen and oxygen atoms in total. The van der Waals surface area contributed by atoms with Crippen molar-refractivity contribution in [3.63, 3.8) is 0 Å². The SMILES string of the molecule is CCCNC(=O)C1Cc2ccccc2N1C. The third kappa shape index (κ3) is 1.90. The number of carbonyl (C=O) groups is 1. The zero-order chi connectivity index (χ0) is 11.5. The number of benzene rings is 1. The molecule has 1 atom stereocenters. The molecule has 0 radical (unpaired) electrons. The Morgan fingerprint density at radius 2 is 2.25 bits per heavy atom. The van der Waals surface area contributed by atoms with Gasteiger partial charge in [0.25, 0.3) is 0 Å². The summed E-state index contributed by atoms with van der Waals surface area (Å²) in [4.78, 5) is 14.0. The Morgan fingerprint density at radius 1 is 1.50 bits per heavy atom. The molecule has 16 heavy (non-hydrogen) atoms. The quantitative estimate of drug-likeness (QED) is 0.835. The molecule has 2 rings (SSSR count). The largest absolute Gasteiger partial charge is 0.362 e. The van der Waals surface area contributed by atoms with Crippen molar-refractivity contribution in [2.75, 3.05) is 18.5 Å². The van der Waals surface area contributed by atoms with Crippen LogP contribution in [0.1, 0.15) is 18.9 Å². The fourth-order valence-corrected chi connectivity index (χ4v) is 2.18. The summed E-state index contributed by atoms with van der Waals surface area (Å²) in [6.07, 6.45) is 1.80. The van der Waals surface area contributed by atoms with Crippen LogP contribution in [0.5, 0.6) is 0 Å². The van der Waals surface area contributed by atoms with Gasteiger partial charge in [-0.3, -0.25) is 4.79 Å². The molecule has 0 saturated carbocycles. The van der Waals surface area contributed by atoms with Crippen molar-refractivity contribution in [3.05, 3.63) is 29.8 Å². The van der Waals surface area contributed by atoms with Crippen LogP contribution in [0.4, 0.5) is 5.69 Å². The molecule has 1 aliphatic heterocycles. The van der Waals surface area contributed by atoms with Gasteiger partial charge in [0.1, 0.15) is 6.04 Å². The van der Waals surface area contributed by atoms with Gasteiger partial charge in [0.15, 0.2) is 0 Å². The van der Waals surface area contributed by atoms with E-state index in [1.165, 1.54) is 11.3 Å². The third-order valence-corrected chi connectivity index (χ3v) is 3.10. The molecule has 3 heteroatoms. The number of likely N-dealkylation sites (N-methyl/N-ethyl adjacent to an activating group) is 1. The summed E-state index contributed by atoms with van der Waals surface area (Å²) in [5, 5.41) is 2.96. The molecule has 0 bridgehead atoms. The van der Waals surface area contributed by atoms with Gasteiger partial charge in [-0.1, -0.05) is 25.1 Å². The molecule has 1 N–H and O–H groups in total. The van der Waals surface area contributed by atoms with E-state index >= 15 is 0 Å². The first kappa shape index (κ1) is 11.0. The van der Waals surface area contributed by atoms with Crippen LogP contribution in [0.25, 0.3) is 0 Å². The summed E-state index contributed by atoms with van der Waals surface area (Å²) in [5.41, 5.74) is 2.45. The van der Waals surface area contributed by atoms with Gasteiger partial charge in [-0.25, -0.2) is 0 Å². The van der Waals surface area contributed by atoms with Gasteiger partial charge in [-0.2, -0.15) is 0 Å². The minimum absolute atomic E-state index is 0.0380. The summed E-state index contributed by atoms with van der Waals surface area (Å²) in [7, 11) is 1.99. The van der Waals surface area contributed by atoms with Crippen LogP contribution in [0, 0.1) is 0 Å². The number of anilines is 1. The predicted molar refractivity (Wildman–Crippen MR) is 65.6 cm³/mol. The van der Waals surface area contributed by atoms with E-state index in [9.17, 15) is 4.79 Å². The molecule has 1 aliphatic rings. The summed E-state index contributed by atoms with van der Waals surface area (Å²) in [6.45, 7) is 2.83. The van der Waals surface area contributed by atoms with E-state index < -0.39 is 0 Å². The molecule has 0 aliphatic carbocycles. The molecule has 0 fully saturated rings. The zero-order valence-corrected chi connectivity index (χ0v) is 9.86. The van der Waals surface area contributed by atoms with Gasteiger partial charge < -0.3 is 10.2 Å². The molecule has 1 heterocycles. The van der Waals surface area contributed by atoms with Crippen molar-refractivity contribution < 1.29 is 4.79 Å². The Bertz CT molecular complexity index is 389. The molecule has 0 spiro atoms. The number of para-hydroxylation sites is 1. The minimum Gasteiger partial charge on any atom is -0.362 e. The van der Waals surface area contributed by atoms with Gasteiger partial charge >= 0.3 is 0 Å². The Kier molecular flexibility index (Phi) is 3.13. The average Bonchev–Trinajstić information content (AvgIpc) is 2.64. The van der Waals surface area contributed by atoms with Crippen LogP contribution < -0.4 is 10.2 Å². The first-order chi connectivity index (χ1) is 7.74. The van der Waals surface area contributed by atoms with Crippen molar-refractivity contribution in [2.45, 2.75) is 25.8 Å². The van der Waals surface area contributed by atoms with Crippen molar-refractivity contribution in [1.29, 1.82) is 0 Å². The van der Waals surface area contributed by atoms with Crippen molar-refractivity contribution >= 4 is 11.6 Å². The second-order valence-corrected chi connectivity index (χ2v) is 4.25. The molecular weight excluding hydrogens is 200 g/mol. The first-order valence-corrected chi connectivity index (χ1v) is 5.82. The van der Waals surface area contributed by atoms with Crippen molar-refractivity contribution in [3.8, 4) is 0 Å². The standard InChI is InChI=1S/C13H18N2O/c1-3-8-14-13(16)12-9-10-6-4-5-7-11(10)15(12)2/h4-7,12H,3,8-9H2,1-2H3,(H,14,16). The minimum atomic E-state index is -0.0380. The maximum Gasteiger partial charge on any atom is 0.243 e. The van der Waals surface area contributed by atoms with E-state index in [0.29, 0.717) is 0 Å². The molecule has 1 amide bonds. The van der Waals surface area contributed by atoms with E-state index in [-0.39, 0.29) is 11.9 Å². The highest BCUT2D eigenvalue weighted by atomic mass is 16.2. The zero-order valence-electron chi connectivity index (χ0n) is 9.86. The Morgan fingerprint density at radius 3 is 2.94 bits per heavy atom. The maximum absolute atomic E-state index is 11.9. The van der Waals surface area contributed by atoms with Crippen LogP contribution in [0.3, 0.4) is 0 Å². The monoisotopic (exact) mass is 218 g/mol. The summed E-state index contributed by atoms with van der Waals surface area (Å²) >= 11 is 0. The fourth-order valence-electron chi connectivity index (χ4n) is 2.18. The van der Waals surface area contributed by atoms with Gasteiger partial charge in [-0.15, -0.1) is 0 Å². The number of hydrogen-bond donors (Lipinski definition) is 1. The first-order valence-electron chi connectivity index (χ1n) is 5.82. The summed E-state index contributed by atoms with van der Waals surface area (Å²) in [5.74, 6) is 0.139. The third-order valence-electron chi connectivity index (χ3n) is 3.10. The highest BCUT2D eigenvalue weighted by Crippen LogP contribution is 2.30. The van der Waals surface area contributed by atoms with Crippen molar-refractivity contribution in [2.24, 2.45) is 0 Å². The topological polar surface area (TPSA) is 32.3 Å². The van der Waals surface area contributed by atoms with Gasteiger partial charge in [0, 0.05) is 25.7 Å². The normalized spacial score (nSPS) is 18.4. The van der Waals surface area contributed by atoms with Gasteiger partial charge in [0.2, 0.25) is 5.91 Å². The fraction of sp³-hybridized carbons (Fsp3) is 0.462. The van der Waals surface area contributed by atoms with Crippen LogP contribution in [0.15, 0.2) is 24.3 Å². The number of nitrogens with zero attached hydrogens (tertiary/aromatic N) is 1. The van der Waals surface area contributed by atoms with Gasteiger partial charge in [0.05, 0.1) is 0 Å². The molecule has 1 unspecified atom stereocenters. The maximum atomic E-state index is 11.9. The highest BCUT2D eigenvalue weighted by molar-refractivity contribution is 5.88. The lowest BCUT2D eigenvalue weighted by atomic mass is 10.1. The molecule has 1 aromatic rings. The molecule has 0 aromatic heterocycles. The molecule has 86 valence electrons. The second kappa shape index (κ2) is 4.56. The lowest BCUT2D eigenvalue weighted by Crippen LogP contribution is -2.43. The number of carbonyl (C=O) groups excluding carboxylic acids is 1. The molecular formula is C13H18N2O.